The van der Waals surface area contributed by atoms with Gasteiger partial charge in [0.25, 0.3) is 0 Å². The number of aromatic carboxylic acids is 1. The SMILES string of the molecule is Cc1cc(F)cc(C(=O)O)c1C. The first-order chi connectivity index (χ1) is 5.52. The van der Waals surface area contributed by atoms with E-state index in [4.69, 9.17) is 5.11 Å². The summed E-state index contributed by atoms with van der Waals surface area (Å²) in [4.78, 5) is 10.6. The van der Waals surface area contributed by atoms with Gasteiger partial charge in [0, 0.05) is 0 Å². The summed E-state index contributed by atoms with van der Waals surface area (Å²) < 4.78 is 12.7. The third kappa shape index (κ3) is 1.44. The maximum atomic E-state index is 12.7. The van der Waals surface area contributed by atoms with Crippen molar-refractivity contribution in [1.29, 1.82) is 0 Å². The van der Waals surface area contributed by atoms with E-state index in [0.29, 0.717) is 11.1 Å². The summed E-state index contributed by atoms with van der Waals surface area (Å²) in [5.74, 6) is -1.59. The number of hydrogen-bond donors (Lipinski definition) is 1. The fourth-order valence-electron chi connectivity index (χ4n) is 1.04. The van der Waals surface area contributed by atoms with Crippen LogP contribution in [0.25, 0.3) is 0 Å². The third-order valence-electron chi connectivity index (χ3n) is 1.86. The molecule has 2 nitrogen and oxygen atoms in total. The van der Waals surface area contributed by atoms with E-state index >= 15 is 0 Å². The minimum Gasteiger partial charge on any atom is -0.478 e. The first-order valence-corrected chi connectivity index (χ1v) is 3.52. The summed E-state index contributed by atoms with van der Waals surface area (Å²) in [6, 6.07) is 2.35. The Labute approximate surface area is 69.6 Å². The molecule has 3 heteroatoms. The Bertz CT molecular complexity index is 332. The molecule has 1 N–H and O–H groups in total. The van der Waals surface area contributed by atoms with Crippen LogP contribution in [0.2, 0.25) is 0 Å². The molecule has 0 spiro atoms. The van der Waals surface area contributed by atoms with Crippen molar-refractivity contribution >= 4 is 5.97 Å². The molecule has 0 saturated carbocycles. The fourth-order valence-corrected chi connectivity index (χ4v) is 1.04. The summed E-state index contributed by atoms with van der Waals surface area (Å²) in [6.07, 6.45) is 0. The fraction of sp³-hybridized carbons (Fsp3) is 0.222. The standard InChI is InChI=1S/C9H9FO2/c1-5-3-7(10)4-8(6(5)2)9(11)12/h3-4H,1-2H3,(H,11,12). The number of rotatable bonds is 1. The lowest BCUT2D eigenvalue weighted by molar-refractivity contribution is 0.0695. The molecule has 0 aliphatic rings. The van der Waals surface area contributed by atoms with Gasteiger partial charge in [-0.3, -0.25) is 0 Å². The Morgan fingerprint density at radius 2 is 2.00 bits per heavy atom. The Kier molecular flexibility index (Phi) is 2.13. The lowest BCUT2D eigenvalue weighted by atomic mass is 10.0. The number of hydrogen-bond acceptors (Lipinski definition) is 1. The number of halogens is 1. The van der Waals surface area contributed by atoms with Crippen molar-refractivity contribution in [3.05, 3.63) is 34.6 Å². The second kappa shape index (κ2) is 2.93. The van der Waals surface area contributed by atoms with Gasteiger partial charge >= 0.3 is 5.97 Å². The minimum absolute atomic E-state index is 0.0347. The Balaban J connectivity index is 3.37. The van der Waals surface area contributed by atoms with Crippen LogP contribution in [0.5, 0.6) is 0 Å². The molecule has 64 valence electrons. The van der Waals surface area contributed by atoms with Gasteiger partial charge in [-0.15, -0.1) is 0 Å². The summed E-state index contributed by atoms with van der Waals surface area (Å²) in [5, 5.41) is 8.65. The predicted octanol–water partition coefficient (Wildman–Crippen LogP) is 2.14. The molecule has 0 aliphatic carbocycles. The average Bonchev–Trinajstić information content (AvgIpc) is 1.96. The highest BCUT2D eigenvalue weighted by atomic mass is 19.1. The number of carboxylic acids is 1. The van der Waals surface area contributed by atoms with Crippen molar-refractivity contribution in [2.24, 2.45) is 0 Å². The van der Waals surface area contributed by atoms with Gasteiger partial charge in [-0.25, -0.2) is 9.18 Å². The van der Waals surface area contributed by atoms with Crippen LogP contribution in [-0.2, 0) is 0 Å². The maximum Gasteiger partial charge on any atom is 0.336 e. The molecule has 0 aromatic heterocycles. The van der Waals surface area contributed by atoms with Gasteiger partial charge in [0.05, 0.1) is 5.56 Å². The molecule has 0 bridgehead atoms. The van der Waals surface area contributed by atoms with Crippen LogP contribution in [0.4, 0.5) is 4.39 Å². The van der Waals surface area contributed by atoms with Crippen molar-refractivity contribution in [2.45, 2.75) is 13.8 Å². The van der Waals surface area contributed by atoms with E-state index in [1.54, 1.807) is 13.8 Å². The van der Waals surface area contributed by atoms with Crippen LogP contribution in [0.15, 0.2) is 12.1 Å². The van der Waals surface area contributed by atoms with Gasteiger partial charge < -0.3 is 5.11 Å². The number of benzene rings is 1. The van der Waals surface area contributed by atoms with Crippen LogP contribution in [-0.4, -0.2) is 11.1 Å². The van der Waals surface area contributed by atoms with Crippen molar-refractivity contribution < 1.29 is 14.3 Å². The van der Waals surface area contributed by atoms with Gasteiger partial charge in [-0.05, 0) is 37.1 Å². The largest absolute Gasteiger partial charge is 0.478 e. The molecule has 1 aromatic rings. The smallest absolute Gasteiger partial charge is 0.336 e. The van der Waals surface area contributed by atoms with Crippen LogP contribution >= 0.6 is 0 Å². The quantitative estimate of drug-likeness (QED) is 0.697. The van der Waals surface area contributed by atoms with Gasteiger partial charge in [0.1, 0.15) is 5.82 Å². The van der Waals surface area contributed by atoms with Crippen LogP contribution in [0.3, 0.4) is 0 Å². The molecule has 0 heterocycles. The molecular formula is C9H9FO2. The van der Waals surface area contributed by atoms with Crippen molar-refractivity contribution in [2.75, 3.05) is 0 Å². The molecular weight excluding hydrogens is 159 g/mol. The van der Waals surface area contributed by atoms with Crippen LogP contribution in [0.1, 0.15) is 21.5 Å². The average molecular weight is 168 g/mol. The number of carbonyl (C=O) groups is 1. The first-order valence-electron chi connectivity index (χ1n) is 3.52. The second-order valence-corrected chi connectivity index (χ2v) is 2.70. The van der Waals surface area contributed by atoms with E-state index in [0.717, 1.165) is 6.07 Å². The summed E-state index contributed by atoms with van der Waals surface area (Å²) >= 11 is 0. The monoisotopic (exact) mass is 168 g/mol. The van der Waals surface area contributed by atoms with E-state index < -0.39 is 11.8 Å². The molecule has 0 atom stereocenters. The van der Waals surface area contributed by atoms with Crippen LogP contribution < -0.4 is 0 Å². The first kappa shape index (κ1) is 8.71. The summed E-state index contributed by atoms with van der Waals surface area (Å²) in [6.45, 7) is 3.35. The van der Waals surface area contributed by atoms with E-state index in [9.17, 15) is 9.18 Å². The molecule has 12 heavy (non-hydrogen) atoms. The van der Waals surface area contributed by atoms with Gasteiger partial charge in [-0.2, -0.15) is 0 Å². The Morgan fingerprint density at radius 3 is 2.50 bits per heavy atom. The Hall–Kier alpha value is -1.38. The molecule has 0 aliphatic heterocycles. The molecule has 0 fully saturated rings. The Morgan fingerprint density at radius 1 is 1.42 bits per heavy atom. The molecule has 1 aromatic carbocycles. The van der Waals surface area contributed by atoms with Crippen molar-refractivity contribution in [3.63, 3.8) is 0 Å². The van der Waals surface area contributed by atoms with Gasteiger partial charge in [-0.1, -0.05) is 0 Å². The predicted molar refractivity (Wildman–Crippen MR) is 42.8 cm³/mol. The highest BCUT2D eigenvalue weighted by molar-refractivity contribution is 5.89. The molecule has 0 unspecified atom stereocenters. The lowest BCUT2D eigenvalue weighted by Crippen LogP contribution is -2.02. The second-order valence-electron chi connectivity index (χ2n) is 2.70. The van der Waals surface area contributed by atoms with Crippen LogP contribution in [0, 0.1) is 19.7 Å². The zero-order valence-electron chi connectivity index (χ0n) is 6.89. The highest BCUT2D eigenvalue weighted by Gasteiger charge is 2.10. The zero-order valence-corrected chi connectivity index (χ0v) is 6.89. The van der Waals surface area contributed by atoms with E-state index in [1.165, 1.54) is 6.07 Å². The van der Waals surface area contributed by atoms with Crippen molar-refractivity contribution in [1.82, 2.24) is 0 Å². The highest BCUT2D eigenvalue weighted by Crippen LogP contribution is 2.15. The minimum atomic E-state index is -1.09. The summed E-state index contributed by atoms with van der Waals surface area (Å²) in [5.41, 5.74) is 1.31. The third-order valence-corrected chi connectivity index (χ3v) is 1.86. The lowest BCUT2D eigenvalue weighted by Gasteiger charge is -2.03. The molecule has 0 saturated heterocycles. The maximum absolute atomic E-state index is 12.7. The number of carboxylic acid groups (broad SMARTS) is 1. The molecule has 0 radical (unpaired) electrons. The van der Waals surface area contributed by atoms with Gasteiger partial charge in [0.15, 0.2) is 0 Å². The summed E-state index contributed by atoms with van der Waals surface area (Å²) in [7, 11) is 0. The van der Waals surface area contributed by atoms with Crippen molar-refractivity contribution in [3.8, 4) is 0 Å². The normalized spacial score (nSPS) is 9.92. The van der Waals surface area contributed by atoms with Gasteiger partial charge in [0.2, 0.25) is 0 Å². The van der Waals surface area contributed by atoms with E-state index in [2.05, 4.69) is 0 Å². The zero-order chi connectivity index (χ0) is 9.30. The topological polar surface area (TPSA) is 37.3 Å². The molecule has 0 amide bonds. The van der Waals surface area contributed by atoms with E-state index in [-0.39, 0.29) is 5.56 Å². The van der Waals surface area contributed by atoms with E-state index in [1.807, 2.05) is 0 Å². The molecule has 1 rings (SSSR count). The number of aryl methyl sites for hydroxylation is 1.